The topological polar surface area (TPSA) is 79.0 Å². The van der Waals surface area contributed by atoms with Crippen LogP contribution in [0.3, 0.4) is 0 Å². The van der Waals surface area contributed by atoms with Crippen molar-refractivity contribution in [2.45, 2.75) is 79.5 Å². The van der Waals surface area contributed by atoms with E-state index in [2.05, 4.69) is 60.8 Å². The molecule has 192 valence electrons. The quantitative estimate of drug-likeness (QED) is 0.486. The second-order valence-electron chi connectivity index (χ2n) is 10.1. The highest BCUT2D eigenvalue weighted by Gasteiger charge is 2.33. The van der Waals surface area contributed by atoms with Gasteiger partial charge in [-0.3, -0.25) is 14.5 Å². The van der Waals surface area contributed by atoms with Crippen LogP contribution in [0.15, 0.2) is 28.7 Å². The third-order valence-corrected chi connectivity index (χ3v) is 6.02. The molecule has 1 aromatic rings. The lowest BCUT2D eigenvalue weighted by atomic mass is 10.1. The Kier molecular flexibility index (Phi) is 12.2. The second-order valence-corrected chi connectivity index (χ2v) is 11.0. The summed E-state index contributed by atoms with van der Waals surface area (Å²) in [5.41, 5.74) is -0.0144. The van der Waals surface area contributed by atoms with Crippen molar-refractivity contribution in [3.8, 4) is 0 Å². The molecular weight excluding hydrogens is 498 g/mol. The molecule has 8 heteroatoms. The molecule has 1 aliphatic heterocycles. The maximum absolute atomic E-state index is 12.2. The zero-order valence-corrected chi connectivity index (χ0v) is 23.6. The molecule has 1 saturated heterocycles. The molecule has 1 atom stereocenters. The Morgan fingerprint density at radius 3 is 2.12 bits per heavy atom. The standard InChI is InChI=1S/C18H23BrN2O4.C8H19N/c1-18(2,3)25-17(24)21-9-8-13(11-21)16(23)20-10-15(22)12-4-6-14(19)7-5-12;1-6-9(7(2)3)8(4)5/h4-7,13H,8-11H2,1-3H3,(H,20,23);7-8H,6H2,1-5H3. The van der Waals surface area contributed by atoms with Crippen LogP contribution in [-0.2, 0) is 9.53 Å². The first-order valence-corrected chi connectivity index (χ1v) is 12.8. The second kappa shape index (κ2) is 13.8. The van der Waals surface area contributed by atoms with Crippen LogP contribution in [0.4, 0.5) is 4.79 Å². The van der Waals surface area contributed by atoms with Crippen molar-refractivity contribution in [1.82, 2.24) is 15.1 Å². The van der Waals surface area contributed by atoms with Crippen LogP contribution < -0.4 is 5.32 Å². The third-order valence-electron chi connectivity index (χ3n) is 5.49. The first-order chi connectivity index (χ1) is 15.7. The molecule has 7 nitrogen and oxygen atoms in total. The van der Waals surface area contributed by atoms with Crippen molar-refractivity contribution >= 4 is 33.7 Å². The fourth-order valence-electron chi connectivity index (χ4n) is 3.84. The summed E-state index contributed by atoms with van der Waals surface area (Å²) in [5.74, 6) is -0.676. The van der Waals surface area contributed by atoms with Gasteiger partial charge >= 0.3 is 6.09 Å². The Balaban J connectivity index is 0.000000546. The molecule has 34 heavy (non-hydrogen) atoms. The van der Waals surface area contributed by atoms with Gasteiger partial charge < -0.3 is 15.0 Å². The summed E-state index contributed by atoms with van der Waals surface area (Å²) in [6.45, 7) is 18.5. The van der Waals surface area contributed by atoms with E-state index in [4.69, 9.17) is 4.74 Å². The lowest BCUT2D eigenvalue weighted by Gasteiger charge is -2.28. The summed E-state index contributed by atoms with van der Waals surface area (Å²) in [7, 11) is 0. The van der Waals surface area contributed by atoms with Gasteiger partial charge in [-0.05, 0) is 73.6 Å². The van der Waals surface area contributed by atoms with E-state index >= 15 is 0 Å². The number of ketones is 1. The first-order valence-electron chi connectivity index (χ1n) is 12.0. The van der Waals surface area contributed by atoms with Gasteiger partial charge in [0.15, 0.2) is 5.78 Å². The predicted molar refractivity (Wildman–Crippen MR) is 140 cm³/mol. The summed E-state index contributed by atoms with van der Waals surface area (Å²) in [6, 6.07) is 8.36. The first kappa shape index (κ1) is 30.1. The maximum Gasteiger partial charge on any atom is 0.410 e. The van der Waals surface area contributed by atoms with Gasteiger partial charge in [0.1, 0.15) is 5.60 Å². The summed E-state index contributed by atoms with van der Waals surface area (Å²) in [6.07, 6.45) is 0.158. The number of carbonyl (C=O) groups is 3. The number of hydrogen-bond donors (Lipinski definition) is 1. The Bertz CT molecular complexity index is 795. The lowest BCUT2D eigenvalue weighted by Crippen LogP contribution is -2.38. The van der Waals surface area contributed by atoms with Crippen molar-refractivity contribution in [2.75, 3.05) is 26.2 Å². The van der Waals surface area contributed by atoms with Gasteiger partial charge in [0.2, 0.25) is 5.91 Å². The Labute approximate surface area is 213 Å². The van der Waals surface area contributed by atoms with E-state index in [-0.39, 0.29) is 24.2 Å². The number of nitrogens with one attached hydrogen (secondary N) is 1. The fraction of sp³-hybridized carbons (Fsp3) is 0.654. The van der Waals surface area contributed by atoms with Crippen molar-refractivity contribution in [2.24, 2.45) is 5.92 Å². The molecule has 1 aromatic carbocycles. The van der Waals surface area contributed by atoms with Crippen LogP contribution in [0.2, 0.25) is 0 Å². The molecule has 1 unspecified atom stereocenters. The zero-order chi connectivity index (χ0) is 26.1. The lowest BCUT2D eigenvalue weighted by molar-refractivity contribution is -0.124. The molecule has 2 amide bonds. The molecule has 1 N–H and O–H groups in total. The number of carbonyl (C=O) groups excluding carboxylic acids is 3. The van der Waals surface area contributed by atoms with Crippen LogP contribution in [0.25, 0.3) is 0 Å². The minimum atomic E-state index is -0.561. The van der Waals surface area contributed by atoms with E-state index in [0.29, 0.717) is 37.2 Å². The molecular formula is C26H42BrN3O4. The molecule has 0 spiro atoms. The number of amides is 2. The predicted octanol–water partition coefficient (Wildman–Crippen LogP) is 5.13. The third kappa shape index (κ3) is 10.6. The highest BCUT2D eigenvalue weighted by Crippen LogP contribution is 2.19. The SMILES string of the molecule is CC(C)(C)OC(=O)N1CCC(C(=O)NCC(=O)c2ccc(Br)cc2)C1.CCN(C(C)C)C(C)C. The smallest absolute Gasteiger partial charge is 0.410 e. The summed E-state index contributed by atoms with van der Waals surface area (Å²) in [5, 5.41) is 2.67. The fourth-order valence-corrected chi connectivity index (χ4v) is 4.11. The van der Waals surface area contributed by atoms with E-state index in [1.54, 1.807) is 45.0 Å². The number of ether oxygens (including phenoxy) is 1. The van der Waals surface area contributed by atoms with Crippen LogP contribution in [0, 0.1) is 5.92 Å². The monoisotopic (exact) mass is 539 g/mol. The Morgan fingerprint density at radius 1 is 1.12 bits per heavy atom. The van der Waals surface area contributed by atoms with Crippen LogP contribution in [0.5, 0.6) is 0 Å². The minimum absolute atomic E-state index is 0.0522. The van der Waals surface area contributed by atoms with Gasteiger partial charge in [0, 0.05) is 35.2 Å². The van der Waals surface area contributed by atoms with Crippen molar-refractivity contribution in [3.05, 3.63) is 34.3 Å². The van der Waals surface area contributed by atoms with Gasteiger partial charge in [-0.1, -0.05) is 35.0 Å². The molecule has 1 fully saturated rings. The summed E-state index contributed by atoms with van der Waals surface area (Å²) in [4.78, 5) is 40.3. The minimum Gasteiger partial charge on any atom is -0.444 e. The largest absolute Gasteiger partial charge is 0.444 e. The highest BCUT2D eigenvalue weighted by atomic mass is 79.9. The van der Waals surface area contributed by atoms with Gasteiger partial charge in [-0.2, -0.15) is 0 Å². The van der Waals surface area contributed by atoms with Crippen molar-refractivity contribution in [1.29, 1.82) is 0 Å². The maximum atomic E-state index is 12.2. The summed E-state index contributed by atoms with van der Waals surface area (Å²) >= 11 is 3.31. The highest BCUT2D eigenvalue weighted by molar-refractivity contribution is 9.10. The average molecular weight is 541 g/mol. The molecule has 0 bridgehead atoms. The van der Waals surface area contributed by atoms with Crippen LogP contribution in [-0.4, -0.2) is 71.4 Å². The van der Waals surface area contributed by atoms with Gasteiger partial charge in [0.25, 0.3) is 0 Å². The Morgan fingerprint density at radius 2 is 1.68 bits per heavy atom. The molecule has 1 aliphatic rings. The average Bonchev–Trinajstić information content (AvgIpc) is 3.22. The Hall–Kier alpha value is -1.93. The van der Waals surface area contributed by atoms with Gasteiger partial charge in [-0.25, -0.2) is 4.79 Å². The molecule has 2 rings (SSSR count). The van der Waals surface area contributed by atoms with E-state index < -0.39 is 11.7 Å². The summed E-state index contributed by atoms with van der Waals surface area (Å²) < 4.78 is 6.20. The number of nitrogens with zero attached hydrogens (tertiary/aromatic N) is 2. The normalized spacial score (nSPS) is 15.9. The number of halogens is 1. The van der Waals surface area contributed by atoms with Gasteiger partial charge in [0.05, 0.1) is 12.5 Å². The van der Waals surface area contributed by atoms with Crippen LogP contribution >= 0.6 is 15.9 Å². The van der Waals surface area contributed by atoms with Crippen LogP contribution in [0.1, 0.15) is 72.2 Å². The number of hydrogen-bond acceptors (Lipinski definition) is 5. The van der Waals surface area contributed by atoms with E-state index in [1.165, 1.54) is 4.90 Å². The molecule has 1 heterocycles. The van der Waals surface area contributed by atoms with Crippen molar-refractivity contribution in [3.63, 3.8) is 0 Å². The van der Waals surface area contributed by atoms with Crippen molar-refractivity contribution < 1.29 is 19.1 Å². The van der Waals surface area contributed by atoms with E-state index in [1.807, 2.05) is 0 Å². The molecule has 0 aromatic heterocycles. The number of likely N-dealkylation sites (tertiary alicyclic amines) is 1. The zero-order valence-electron chi connectivity index (χ0n) is 22.0. The molecule has 0 radical (unpaired) electrons. The van der Waals surface area contributed by atoms with E-state index in [0.717, 1.165) is 11.0 Å². The number of rotatable bonds is 7. The molecule has 0 aliphatic carbocycles. The van der Waals surface area contributed by atoms with Gasteiger partial charge in [-0.15, -0.1) is 0 Å². The van der Waals surface area contributed by atoms with E-state index in [9.17, 15) is 14.4 Å². The molecule has 0 saturated carbocycles. The number of benzene rings is 1. The number of Topliss-reactive ketones (excluding diaryl/α,β-unsaturated/α-hetero) is 1.